The van der Waals surface area contributed by atoms with Gasteiger partial charge in [-0.1, -0.05) is 30.3 Å². The summed E-state index contributed by atoms with van der Waals surface area (Å²) in [6.45, 7) is 3.74. The van der Waals surface area contributed by atoms with Crippen LogP contribution >= 0.6 is 0 Å². The number of nitrogens with one attached hydrogen (secondary N) is 2. The molecule has 0 aliphatic carbocycles. The largest absolute Gasteiger partial charge is 0.357 e. The number of anilines is 1. The molecule has 1 aromatic carbocycles. The summed E-state index contributed by atoms with van der Waals surface area (Å²) in [7, 11) is 4.01. The molecule has 0 aliphatic heterocycles. The summed E-state index contributed by atoms with van der Waals surface area (Å²) in [5.74, 6) is 1.73. The molecule has 0 saturated heterocycles. The number of rotatable bonds is 5. The minimum absolute atomic E-state index is 0.789. The van der Waals surface area contributed by atoms with Gasteiger partial charge in [-0.05, 0) is 25.6 Å². The molecule has 0 aliphatic rings. The molecule has 0 amide bonds. The van der Waals surface area contributed by atoms with E-state index in [-0.39, 0.29) is 0 Å². The normalized spacial score (nSPS) is 11.0. The van der Waals surface area contributed by atoms with Crippen molar-refractivity contribution in [3.05, 3.63) is 42.2 Å². The Labute approximate surface area is 130 Å². The summed E-state index contributed by atoms with van der Waals surface area (Å²) in [4.78, 5) is 14.8. The molecule has 0 fully saturated rings. The van der Waals surface area contributed by atoms with Gasteiger partial charge in [0.1, 0.15) is 11.3 Å². The number of aromatic nitrogens is 3. The van der Waals surface area contributed by atoms with Gasteiger partial charge in [-0.25, -0.2) is 9.97 Å². The lowest BCUT2D eigenvalue weighted by atomic mass is 10.2. The number of aromatic amines is 1. The van der Waals surface area contributed by atoms with E-state index in [1.165, 1.54) is 0 Å². The van der Waals surface area contributed by atoms with E-state index in [1.54, 1.807) is 0 Å². The first kappa shape index (κ1) is 14.5. The molecule has 5 heteroatoms. The van der Waals surface area contributed by atoms with Crippen molar-refractivity contribution in [1.29, 1.82) is 0 Å². The smallest absolute Gasteiger partial charge is 0.156 e. The average Bonchev–Trinajstić information content (AvgIpc) is 2.96. The molecule has 2 aromatic heterocycles. The fourth-order valence-corrected chi connectivity index (χ4v) is 2.55. The monoisotopic (exact) mass is 295 g/mol. The van der Waals surface area contributed by atoms with Crippen LogP contribution in [0.25, 0.3) is 22.3 Å². The van der Waals surface area contributed by atoms with E-state index in [1.807, 2.05) is 32.2 Å². The SMILES string of the molecule is CNCCN(C)c1nc(C)nc2cc(-c3ccccc3)[nH]c12. The second-order valence-corrected chi connectivity index (χ2v) is 5.43. The van der Waals surface area contributed by atoms with Crippen LogP contribution in [0, 0.1) is 6.92 Å². The average molecular weight is 295 g/mol. The number of hydrogen-bond acceptors (Lipinski definition) is 4. The zero-order valence-corrected chi connectivity index (χ0v) is 13.2. The van der Waals surface area contributed by atoms with Crippen molar-refractivity contribution in [2.24, 2.45) is 0 Å². The molecule has 3 rings (SSSR count). The van der Waals surface area contributed by atoms with E-state index in [9.17, 15) is 0 Å². The van der Waals surface area contributed by atoms with Gasteiger partial charge in [0, 0.05) is 25.8 Å². The van der Waals surface area contributed by atoms with Crippen LogP contribution in [0.5, 0.6) is 0 Å². The Hall–Kier alpha value is -2.40. The summed E-state index contributed by atoms with van der Waals surface area (Å²) >= 11 is 0. The van der Waals surface area contributed by atoms with Gasteiger partial charge in [-0.2, -0.15) is 0 Å². The number of H-pyrrole nitrogens is 1. The summed E-state index contributed by atoms with van der Waals surface area (Å²) in [6.07, 6.45) is 0. The second kappa shape index (κ2) is 6.15. The third-order valence-electron chi connectivity index (χ3n) is 3.71. The first-order valence-corrected chi connectivity index (χ1v) is 7.47. The lowest BCUT2D eigenvalue weighted by Gasteiger charge is -2.18. The third kappa shape index (κ3) is 2.80. The Morgan fingerprint density at radius 2 is 1.95 bits per heavy atom. The maximum Gasteiger partial charge on any atom is 0.156 e. The van der Waals surface area contributed by atoms with E-state index in [0.717, 1.165) is 47.0 Å². The lowest BCUT2D eigenvalue weighted by molar-refractivity contribution is 0.761. The van der Waals surface area contributed by atoms with Gasteiger partial charge in [0.05, 0.1) is 5.52 Å². The number of likely N-dealkylation sites (N-methyl/N-ethyl adjacent to an activating group) is 2. The molecule has 22 heavy (non-hydrogen) atoms. The maximum absolute atomic E-state index is 4.62. The zero-order chi connectivity index (χ0) is 15.5. The van der Waals surface area contributed by atoms with Crippen LogP contribution in [0.4, 0.5) is 5.82 Å². The van der Waals surface area contributed by atoms with E-state index < -0.39 is 0 Å². The highest BCUT2D eigenvalue weighted by molar-refractivity contribution is 5.90. The second-order valence-electron chi connectivity index (χ2n) is 5.43. The first-order valence-electron chi connectivity index (χ1n) is 7.47. The highest BCUT2D eigenvalue weighted by atomic mass is 15.2. The van der Waals surface area contributed by atoms with Crippen molar-refractivity contribution in [3.8, 4) is 11.3 Å². The molecule has 0 saturated carbocycles. The fourth-order valence-electron chi connectivity index (χ4n) is 2.55. The maximum atomic E-state index is 4.62. The van der Waals surface area contributed by atoms with Gasteiger partial charge in [0.25, 0.3) is 0 Å². The van der Waals surface area contributed by atoms with Crippen LogP contribution in [0.1, 0.15) is 5.82 Å². The molecule has 0 atom stereocenters. The van der Waals surface area contributed by atoms with E-state index in [0.29, 0.717) is 0 Å². The van der Waals surface area contributed by atoms with Gasteiger partial charge in [-0.15, -0.1) is 0 Å². The predicted molar refractivity (Wildman–Crippen MR) is 91.3 cm³/mol. The van der Waals surface area contributed by atoms with Crippen molar-refractivity contribution < 1.29 is 0 Å². The summed E-state index contributed by atoms with van der Waals surface area (Å²) in [6, 6.07) is 12.4. The van der Waals surface area contributed by atoms with Crippen LogP contribution < -0.4 is 10.2 Å². The van der Waals surface area contributed by atoms with Crippen molar-refractivity contribution >= 4 is 16.9 Å². The highest BCUT2D eigenvalue weighted by Crippen LogP contribution is 2.28. The summed E-state index contributed by atoms with van der Waals surface area (Å²) < 4.78 is 0. The number of fused-ring (bicyclic) bond motifs is 1. The number of nitrogens with zero attached hydrogens (tertiary/aromatic N) is 3. The molecule has 0 unspecified atom stereocenters. The van der Waals surface area contributed by atoms with Crippen LogP contribution in [-0.2, 0) is 0 Å². The molecular weight excluding hydrogens is 274 g/mol. The zero-order valence-electron chi connectivity index (χ0n) is 13.2. The third-order valence-corrected chi connectivity index (χ3v) is 3.71. The van der Waals surface area contributed by atoms with E-state index >= 15 is 0 Å². The van der Waals surface area contributed by atoms with Crippen molar-refractivity contribution in [2.75, 3.05) is 32.1 Å². The minimum Gasteiger partial charge on any atom is -0.357 e. The van der Waals surface area contributed by atoms with Crippen molar-refractivity contribution in [3.63, 3.8) is 0 Å². The Morgan fingerprint density at radius 1 is 1.18 bits per heavy atom. The molecule has 0 radical (unpaired) electrons. The fraction of sp³-hybridized carbons (Fsp3) is 0.294. The first-order chi connectivity index (χ1) is 10.7. The highest BCUT2D eigenvalue weighted by Gasteiger charge is 2.13. The van der Waals surface area contributed by atoms with Crippen LogP contribution in [-0.4, -0.2) is 42.1 Å². The number of benzene rings is 1. The molecular formula is C17H21N5. The summed E-state index contributed by atoms with van der Waals surface area (Å²) in [5.41, 5.74) is 4.17. The van der Waals surface area contributed by atoms with Crippen LogP contribution in [0.2, 0.25) is 0 Å². The van der Waals surface area contributed by atoms with Gasteiger partial charge < -0.3 is 15.2 Å². The minimum atomic E-state index is 0.789. The van der Waals surface area contributed by atoms with Gasteiger partial charge in [0.2, 0.25) is 0 Å². The molecule has 0 spiro atoms. The van der Waals surface area contributed by atoms with Crippen molar-refractivity contribution in [2.45, 2.75) is 6.92 Å². The van der Waals surface area contributed by atoms with Crippen LogP contribution in [0.3, 0.4) is 0 Å². The van der Waals surface area contributed by atoms with E-state index in [4.69, 9.17) is 0 Å². The lowest BCUT2D eigenvalue weighted by Crippen LogP contribution is -2.28. The summed E-state index contributed by atoms with van der Waals surface area (Å²) in [5, 5.41) is 3.17. The van der Waals surface area contributed by atoms with Gasteiger partial charge in [-0.3, -0.25) is 0 Å². The molecule has 114 valence electrons. The topological polar surface area (TPSA) is 56.8 Å². The van der Waals surface area contributed by atoms with Gasteiger partial charge in [0.15, 0.2) is 5.82 Å². The Kier molecular flexibility index (Phi) is 4.06. The number of hydrogen-bond donors (Lipinski definition) is 2. The van der Waals surface area contributed by atoms with Crippen LogP contribution in [0.15, 0.2) is 36.4 Å². The Bertz CT molecular complexity index is 763. The Balaban J connectivity index is 2.07. The standard InChI is InChI=1S/C17H21N5/c1-12-19-15-11-14(13-7-5-4-6-8-13)21-16(15)17(20-12)22(3)10-9-18-2/h4-8,11,18,21H,9-10H2,1-3H3. The number of aryl methyl sites for hydroxylation is 1. The molecule has 5 nitrogen and oxygen atoms in total. The Morgan fingerprint density at radius 3 is 2.68 bits per heavy atom. The predicted octanol–water partition coefficient (Wildman–Crippen LogP) is 2.59. The van der Waals surface area contributed by atoms with Gasteiger partial charge >= 0.3 is 0 Å². The quantitative estimate of drug-likeness (QED) is 0.759. The molecule has 2 N–H and O–H groups in total. The molecule has 3 aromatic rings. The van der Waals surface area contributed by atoms with E-state index in [2.05, 4.69) is 50.4 Å². The molecule has 2 heterocycles. The van der Waals surface area contributed by atoms with Crippen molar-refractivity contribution in [1.82, 2.24) is 20.3 Å². The molecule has 0 bridgehead atoms.